The number of nitrogens with two attached hydrogens (primary N) is 1. The molecule has 0 aliphatic carbocycles. The normalized spacial score (nSPS) is 9.81. The van der Waals surface area contributed by atoms with Crippen molar-refractivity contribution in [2.75, 3.05) is 40.2 Å². The van der Waals surface area contributed by atoms with Crippen LogP contribution >= 0.6 is 12.4 Å². The zero-order valence-electron chi connectivity index (χ0n) is 15.2. The Morgan fingerprint density at radius 3 is 2.19 bits per heavy atom. The largest absolute Gasteiger partial charge is 0.496 e. The number of hydrogen-bond donors (Lipinski definition) is 1. The zero-order chi connectivity index (χ0) is 18.2. The van der Waals surface area contributed by atoms with Gasteiger partial charge in [-0.05, 0) is 18.6 Å². The highest BCUT2D eigenvalue weighted by atomic mass is 35.5. The van der Waals surface area contributed by atoms with Gasteiger partial charge in [0.15, 0.2) is 0 Å². The van der Waals surface area contributed by atoms with Gasteiger partial charge < -0.3 is 24.8 Å². The molecule has 0 aliphatic heterocycles. The lowest BCUT2D eigenvalue weighted by Gasteiger charge is -2.18. The molecule has 1 amide bonds. The Labute approximate surface area is 160 Å². The van der Waals surface area contributed by atoms with Crippen molar-refractivity contribution >= 4 is 24.0 Å². The van der Waals surface area contributed by atoms with Gasteiger partial charge in [-0.25, -0.2) is 0 Å². The molecule has 26 heavy (non-hydrogen) atoms. The average Bonchev–Trinajstić information content (AvgIpc) is 2.64. The fourth-order valence-electron chi connectivity index (χ4n) is 2.36. The number of ether oxygens (including phenoxy) is 3. The van der Waals surface area contributed by atoms with E-state index in [0.29, 0.717) is 48.1 Å². The number of methoxy groups -OCH3 is 2. The smallest absolute Gasteiger partial charge is 0.255 e. The number of halogens is 1. The molecule has 142 valence electrons. The third-order valence-electron chi connectivity index (χ3n) is 3.77. The fourth-order valence-corrected chi connectivity index (χ4v) is 2.36. The number of carbonyl (C=O) groups is 1. The summed E-state index contributed by atoms with van der Waals surface area (Å²) in [5.74, 6) is 1.90. The molecule has 0 heterocycles. The predicted molar refractivity (Wildman–Crippen MR) is 105 cm³/mol. The van der Waals surface area contributed by atoms with Crippen molar-refractivity contribution in [3.63, 3.8) is 0 Å². The fraction of sp³-hybridized carbons (Fsp3) is 0.316. The number of nitrogens with zero attached hydrogens (tertiary/aromatic N) is 1. The van der Waals surface area contributed by atoms with E-state index in [2.05, 4.69) is 0 Å². The number of benzene rings is 2. The second-order valence-electron chi connectivity index (χ2n) is 5.56. The number of carbonyl (C=O) groups excluding carboxylic acids is 1. The zero-order valence-corrected chi connectivity index (χ0v) is 16.0. The minimum absolute atomic E-state index is 0. The number of rotatable bonds is 8. The highest BCUT2D eigenvalue weighted by Crippen LogP contribution is 2.27. The van der Waals surface area contributed by atoms with Crippen LogP contribution in [0.3, 0.4) is 0 Å². The lowest BCUT2D eigenvalue weighted by Crippen LogP contribution is -2.29. The molecule has 0 spiro atoms. The van der Waals surface area contributed by atoms with E-state index in [0.717, 1.165) is 0 Å². The highest BCUT2D eigenvalue weighted by molar-refractivity contribution is 5.98. The number of anilines is 1. The van der Waals surface area contributed by atoms with Gasteiger partial charge in [-0.2, -0.15) is 0 Å². The van der Waals surface area contributed by atoms with Crippen LogP contribution in [0.15, 0.2) is 42.5 Å². The van der Waals surface area contributed by atoms with Gasteiger partial charge in [0.1, 0.15) is 17.2 Å². The van der Waals surface area contributed by atoms with Gasteiger partial charge in [-0.15, -0.1) is 12.4 Å². The van der Waals surface area contributed by atoms with Gasteiger partial charge in [0.2, 0.25) is 0 Å². The minimum Gasteiger partial charge on any atom is -0.496 e. The molecule has 0 unspecified atom stereocenters. The van der Waals surface area contributed by atoms with Crippen LogP contribution in [0.2, 0.25) is 0 Å². The molecule has 0 bridgehead atoms. The molecule has 0 radical (unpaired) electrons. The van der Waals surface area contributed by atoms with Gasteiger partial charge in [-0.3, -0.25) is 4.79 Å². The topological polar surface area (TPSA) is 74.0 Å². The Balaban J connectivity index is 0.00000338. The van der Waals surface area contributed by atoms with Crippen molar-refractivity contribution in [2.45, 2.75) is 6.42 Å². The second-order valence-corrected chi connectivity index (χ2v) is 5.56. The van der Waals surface area contributed by atoms with E-state index in [1.807, 2.05) is 6.07 Å². The van der Waals surface area contributed by atoms with Crippen LogP contribution < -0.4 is 19.9 Å². The maximum atomic E-state index is 12.4. The first kappa shape index (κ1) is 21.4. The summed E-state index contributed by atoms with van der Waals surface area (Å²) in [6.45, 7) is 1.03. The van der Waals surface area contributed by atoms with E-state index in [4.69, 9.17) is 19.9 Å². The summed E-state index contributed by atoms with van der Waals surface area (Å²) in [4.78, 5) is 14.0. The minimum atomic E-state index is -0.0962. The molecule has 0 aliphatic rings. The van der Waals surface area contributed by atoms with Gasteiger partial charge in [0, 0.05) is 37.5 Å². The van der Waals surface area contributed by atoms with Gasteiger partial charge in [-0.1, -0.05) is 12.1 Å². The van der Waals surface area contributed by atoms with Crippen LogP contribution in [0.5, 0.6) is 17.2 Å². The van der Waals surface area contributed by atoms with Crippen LogP contribution in [-0.4, -0.2) is 45.2 Å². The van der Waals surface area contributed by atoms with E-state index in [1.54, 1.807) is 62.6 Å². The Morgan fingerprint density at radius 1 is 1.04 bits per heavy atom. The third-order valence-corrected chi connectivity index (χ3v) is 3.77. The summed E-state index contributed by atoms with van der Waals surface area (Å²) in [6.07, 6.45) is 0.689. The predicted octanol–water partition coefficient (Wildman–Crippen LogP) is 3.25. The maximum Gasteiger partial charge on any atom is 0.255 e. The number of para-hydroxylation sites is 1. The molecule has 0 atom stereocenters. The standard InChI is InChI=1S/C19H24N2O4.ClH/c1-21(19(22)17-7-4-5-8-18(17)20)9-6-10-25-16-12-14(23-2)11-15(13-16)24-3;/h4-5,7-8,11-13H,6,9-10,20H2,1-3H3;1H. The number of hydrogen-bond acceptors (Lipinski definition) is 5. The van der Waals surface area contributed by atoms with Gasteiger partial charge >= 0.3 is 0 Å². The monoisotopic (exact) mass is 380 g/mol. The Morgan fingerprint density at radius 2 is 1.62 bits per heavy atom. The van der Waals surface area contributed by atoms with Gasteiger partial charge in [0.25, 0.3) is 5.91 Å². The number of amides is 1. The SMILES string of the molecule is COc1cc(OC)cc(OCCCN(C)C(=O)c2ccccc2N)c1.Cl. The van der Waals surface area contributed by atoms with Crippen molar-refractivity contribution in [1.82, 2.24) is 4.90 Å². The first-order valence-corrected chi connectivity index (χ1v) is 8.01. The summed E-state index contributed by atoms with van der Waals surface area (Å²) in [7, 11) is 4.94. The molecule has 6 nitrogen and oxygen atoms in total. The second kappa shape index (κ2) is 10.4. The van der Waals surface area contributed by atoms with Crippen LogP contribution in [0.4, 0.5) is 5.69 Å². The average molecular weight is 381 g/mol. The van der Waals surface area contributed by atoms with E-state index < -0.39 is 0 Å². The molecule has 2 aromatic rings. The van der Waals surface area contributed by atoms with Crippen molar-refractivity contribution in [2.24, 2.45) is 0 Å². The number of nitrogen functional groups attached to an aromatic ring is 1. The molecule has 7 heteroatoms. The van der Waals surface area contributed by atoms with Crippen LogP contribution in [-0.2, 0) is 0 Å². The highest BCUT2D eigenvalue weighted by Gasteiger charge is 2.13. The lowest BCUT2D eigenvalue weighted by molar-refractivity contribution is 0.0789. The molecule has 2 rings (SSSR count). The summed E-state index contributed by atoms with van der Waals surface area (Å²) >= 11 is 0. The van der Waals surface area contributed by atoms with E-state index in [9.17, 15) is 4.79 Å². The molecule has 0 saturated carbocycles. The molecule has 0 saturated heterocycles. The summed E-state index contributed by atoms with van der Waals surface area (Å²) in [5.41, 5.74) is 6.85. The molecular formula is C19H25ClN2O4. The van der Waals surface area contributed by atoms with Crippen LogP contribution in [0.1, 0.15) is 16.8 Å². The van der Waals surface area contributed by atoms with E-state index in [-0.39, 0.29) is 18.3 Å². The first-order chi connectivity index (χ1) is 12.0. The van der Waals surface area contributed by atoms with Crippen LogP contribution in [0.25, 0.3) is 0 Å². The Hall–Kier alpha value is -2.60. The lowest BCUT2D eigenvalue weighted by atomic mass is 10.1. The first-order valence-electron chi connectivity index (χ1n) is 8.01. The molecule has 2 aromatic carbocycles. The molecular weight excluding hydrogens is 356 g/mol. The summed E-state index contributed by atoms with van der Waals surface area (Å²) in [6, 6.07) is 12.4. The molecule has 2 N–H and O–H groups in total. The Kier molecular flexibility index (Phi) is 8.58. The van der Waals surface area contributed by atoms with Crippen molar-refractivity contribution in [3.05, 3.63) is 48.0 Å². The molecule has 0 fully saturated rings. The van der Waals surface area contributed by atoms with E-state index in [1.165, 1.54) is 0 Å². The summed E-state index contributed by atoms with van der Waals surface area (Å²) in [5, 5.41) is 0. The maximum absolute atomic E-state index is 12.4. The van der Waals surface area contributed by atoms with Crippen molar-refractivity contribution < 1.29 is 19.0 Å². The van der Waals surface area contributed by atoms with E-state index >= 15 is 0 Å². The summed E-state index contributed by atoms with van der Waals surface area (Å²) < 4.78 is 16.1. The molecule has 0 aromatic heterocycles. The Bertz CT molecular complexity index is 702. The van der Waals surface area contributed by atoms with Gasteiger partial charge in [0.05, 0.1) is 26.4 Å². The van der Waals surface area contributed by atoms with Crippen molar-refractivity contribution in [1.29, 1.82) is 0 Å². The van der Waals surface area contributed by atoms with Crippen LogP contribution in [0, 0.1) is 0 Å². The third kappa shape index (κ3) is 5.74. The quantitative estimate of drug-likeness (QED) is 0.562. The van der Waals surface area contributed by atoms with Crippen molar-refractivity contribution in [3.8, 4) is 17.2 Å².